The zero-order valence-corrected chi connectivity index (χ0v) is 15.6. The zero-order valence-electron chi connectivity index (χ0n) is 14.8. The molecule has 0 saturated heterocycles. The highest BCUT2D eigenvalue weighted by Gasteiger charge is 2.19. The molecule has 4 rings (SSSR count). The van der Waals surface area contributed by atoms with Gasteiger partial charge in [0.15, 0.2) is 0 Å². The minimum Gasteiger partial charge on any atom is -0.338 e. The van der Waals surface area contributed by atoms with Crippen molar-refractivity contribution in [3.63, 3.8) is 0 Å². The quantitative estimate of drug-likeness (QED) is 0.734. The topological polar surface area (TPSA) is 45.2 Å². The van der Waals surface area contributed by atoms with Gasteiger partial charge in [0.05, 0.1) is 10.7 Å². The summed E-state index contributed by atoms with van der Waals surface area (Å²) in [5.41, 5.74) is 4.09. The molecule has 0 spiro atoms. The number of rotatable bonds is 4. The molecule has 6 heteroatoms. The average Bonchev–Trinajstić information content (AvgIpc) is 3.16. The minimum absolute atomic E-state index is 0.0357. The normalized spacial score (nSPS) is 13.3. The average molecular weight is 381 g/mol. The van der Waals surface area contributed by atoms with Gasteiger partial charge in [-0.15, -0.1) is 11.3 Å². The summed E-state index contributed by atoms with van der Waals surface area (Å²) in [6, 6.07) is 14.7. The third-order valence-electron chi connectivity index (χ3n) is 4.71. The van der Waals surface area contributed by atoms with Gasteiger partial charge in [-0.1, -0.05) is 36.4 Å². The monoisotopic (exact) mass is 381 g/mol. The van der Waals surface area contributed by atoms with Crippen LogP contribution in [0.2, 0.25) is 0 Å². The van der Waals surface area contributed by atoms with E-state index in [0.29, 0.717) is 19.5 Å². The predicted octanol–water partition coefficient (Wildman–Crippen LogP) is 4.26. The third kappa shape index (κ3) is 4.17. The Hall–Kier alpha value is -2.73. The molecular formula is C21H20FN3OS. The van der Waals surface area contributed by atoms with Crippen LogP contribution in [-0.4, -0.2) is 29.0 Å². The maximum absolute atomic E-state index is 13.3. The Kier molecular flexibility index (Phi) is 5.16. The molecule has 138 valence electrons. The second-order valence-corrected chi connectivity index (χ2v) is 7.50. The van der Waals surface area contributed by atoms with Crippen LogP contribution in [0.25, 0.3) is 11.3 Å². The molecule has 27 heavy (non-hydrogen) atoms. The van der Waals surface area contributed by atoms with Crippen molar-refractivity contribution in [3.05, 3.63) is 75.9 Å². The van der Waals surface area contributed by atoms with Crippen LogP contribution in [0.4, 0.5) is 9.18 Å². The molecule has 0 bridgehead atoms. The highest BCUT2D eigenvalue weighted by Crippen LogP contribution is 2.23. The molecule has 1 aliphatic heterocycles. The van der Waals surface area contributed by atoms with Crippen LogP contribution in [0.1, 0.15) is 16.1 Å². The van der Waals surface area contributed by atoms with Gasteiger partial charge in [-0.2, -0.15) is 0 Å². The number of carbonyl (C=O) groups is 1. The van der Waals surface area contributed by atoms with Crippen molar-refractivity contribution < 1.29 is 9.18 Å². The summed E-state index contributed by atoms with van der Waals surface area (Å²) >= 11 is 1.53. The number of carbonyl (C=O) groups excluding carboxylic acids is 1. The number of aromatic nitrogens is 1. The standard InChI is InChI=1S/C21H20FN3OS/c22-18-7-3-6-16(12-18)19-14-27-20(24-19)8-10-23-21(26)25-11-9-15-4-1-2-5-17(15)13-25/h1-7,12,14H,8-11,13H2,(H,23,26). The van der Waals surface area contributed by atoms with E-state index in [2.05, 4.69) is 22.4 Å². The molecule has 2 aromatic carbocycles. The SMILES string of the molecule is O=C(NCCc1nc(-c2cccc(F)c2)cs1)N1CCc2ccccc2C1. The van der Waals surface area contributed by atoms with E-state index in [0.717, 1.165) is 29.2 Å². The highest BCUT2D eigenvalue weighted by atomic mass is 32.1. The van der Waals surface area contributed by atoms with E-state index in [9.17, 15) is 9.18 Å². The first-order valence-electron chi connectivity index (χ1n) is 8.99. The summed E-state index contributed by atoms with van der Waals surface area (Å²) in [7, 11) is 0. The van der Waals surface area contributed by atoms with Gasteiger partial charge in [-0.3, -0.25) is 0 Å². The molecule has 0 radical (unpaired) electrons. The van der Waals surface area contributed by atoms with Gasteiger partial charge in [-0.25, -0.2) is 14.2 Å². The number of hydrogen-bond acceptors (Lipinski definition) is 3. The van der Waals surface area contributed by atoms with Gasteiger partial charge in [0, 0.05) is 37.0 Å². The molecule has 0 fully saturated rings. The number of hydrogen-bond donors (Lipinski definition) is 1. The molecular weight excluding hydrogens is 361 g/mol. The van der Waals surface area contributed by atoms with Gasteiger partial charge in [0.25, 0.3) is 0 Å². The first-order chi connectivity index (χ1) is 13.2. The van der Waals surface area contributed by atoms with Crippen molar-refractivity contribution in [1.82, 2.24) is 15.2 Å². The van der Waals surface area contributed by atoms with Gasteiger partial charge in [0.2, 0.25) is 0 Å². The van der Waals surface area contributed by atoms with E-state index < -0.39 is 0 Å². The molecule has 3 aromatic rings. The number of thiazole rings is 1. The predicted molar refractivity (Wildman–Crippen MR) is 105 cm³/mol. The number of halogens is 1. The molecule has 2 heterocycles. The Morgan fingerprint density at radius 3 is 2.89 bits per heavy atom. The minimum atomic E-state index is -0.266. The fourth-order valence-electron chi connectivity index (χ4n) is 3.26. The fraction of sp³-hybridized carbons (Fsp3) is 0.238. The van der Waals surface area contributed by atoms with Crippen molar-refractivity contribution >= 4 is 17.4 Å². The third-order valence-corrected chi connectivity index (χ3v) is 5.61. The van der Waals surface area contributed by atoms with Crippen molar-refractivity contribution in [1.29, 1.82) is 0 Å². The highest BCUT2D eigenvalue weighted by molar-refractivity contribution is 7.09. The van der Waals surface area contributed by atoms with E-state index in [1.54, 1.807) is 6.07 Å². The molecule has 1 aliphatic rings. The maximum atomic E-state index is 13.3. The van der Waals surface area contributed by atoms with E-state index in [1.807, 2.05) is 28.5 Å². The first kappa shape index (κ1) is 17.7. The number of nitrogens with one attached hydrogen (secondary N) is 1. The van der Waals surface area contributed by atoms with Gasteiger partial charge in [-0.05, 0) is 29.7 Å². The van der Waals surface area contributed by atoms with E-state index in [-0.39, 0.29) is 11.8 Å². The molecule has 1 N–H and O–H groups in total. The largest absolute Gasteiger partial charge is 0.338 e. The molecule has 2 amide bonds. The second kappa shape index (κ2) is 7.88. The number of urea groups is 1. The van der Waals surface area contributed by atoms with Gasteiger partial charge < -0.3 is 10.2 Å². The molecule has 0 atom stereocenters. The Morgan fingerprint density at radius 2 is 2.04 bits per heavy atom. The number of amides is 2. The lowest BCUT2D eigenvalue weighted by molar-refractivity contribution is 0.192. The summed E-state index contributed by atoms with van der Waals surface area (Å²) in [6.07, 6.45) is 1.56. The van der Waals surface area contributed by atoms with Crippen LogP contribution >= 0.6 is 11.3 Å². The lowest BCUT2D eigenvalue weighted by Crippen LogP contribution is -2.43. The Labute approximate surface area is 161 Å². The number of benzene rings is 2. The Morgan fingerprint density at radius 1 is 1.19 bits per heavy atom. The molecule has 0 saturated carbocycles. The lowest BCUT2D eigenvalue weighted by atomic mass is 10.0. The molecule has 4 nitrogen and oxygen atoms in total. The van der Waals surface area contributed by atoms with Gasteiger partial charge in [0.1, 0.15) is 5.82 Å². The van der Waals surface area contributed by atoms with E-state index in [1.165, 1.54) is 34.6 Å². The summed E-state index contributed by atoms with van der Waals surface area (Å²) in [5, 5.41) is 5.84. The summed E-state index contributed by atoms with van der Waals surface area (Å²) < 4.78 is 13.3. The fourth-order valence-corrected chi connectivity index (χ4v) is 4.07. The summed E-state index contributed by atoms with van der Waals surface area (Å²) in [4.78, 5) is 18.8. The van der Waals surface area contributed by atoms with Crippen molar-refractivity contribution in [2.24, 2.45) is 0 Å². The van der Waals surface area contributed by atoms with Crippen LogP contribution in [0.3, 0.4) is 0 Å². The van der Waals surface area contributed by atoms with Crippen LogP contribution in [0, 0.1) is 5.82 Å². The van der Waals surface area contributed by atoms with E-state index in [4.69, 9.17) is 0 Å². The number of nitrogens with zero attached hydrogens (tertiary/aromatic N) is 2. The van der Waals surface area contributed by atoms with E-state index >= 15 is 0 Å². The van der Waals surface area contributed by atoms with Crippen molar-refractivity contribution in [2.75, 3.05) is 13.1 Å². The Balaban J connectivity index is 1.30. The number of fused-ring (bicyclic) bond motifs is 1. The van der Waals surface area contributed by atoms with Crippen LogP contribution < -0.4 is 5.32 Å². The van der Waals surface area contributed by atoms with Crippen LogP contribution in [0.5, 0.6) is 0 Å². The van der Waals surface area contributed by atoms with Crippen LogP contribution in [0.15, 0.2) is 53.9 Å². The molecule has 0 unspecified atom stereocenters. The first-order valence-corrected chi connectivity index (χ1v) is 9.87. The smallest absolute Gasteiger partial charge is 0.317 e. The maximum Gasteiger partial charge on any atom is 0.317 e. The zero-order chi connectivity index (χ0) is 18.6. The van der Waals surface area contributed by atoms with Crippen molar-refractivity contribution in [3.8, 4) is 11.3 Å². The summed E-state index contributed by atoms with van der Waals surface area (Å²) in [5.74, 6) is -0.266. The molecule has 0 aliphatic carbocycles. The van der Waals surface area contributed by atoms with Crippen LogP contribution in [-0.2, 0) is 19.4 Å². The molecule has 1 aromatic heterocycles. The Bertz CT molecular complexity index is 956. The lowest BCUT2D eigenvalue weighted by Gasteiger charge is -2.28. The summed E-state index contributed by atoms with van der Waals surface area (Å²) in [6.45, 7) is 1.93. The second-order valence-electron chi connectivity index (χ2n) is 6.56. The van der Waals surface area contributed by atoms with Gasteiger partial charge >= 0.3 is 6.03 Å². The van der Waals surface area contributed by atoms with Crippen molar-refractivity contribution in [2.45, 2.75) is 19.4 Å².